The van der Waals surface area contributed by atoms with E-state index in [-0.39, 0.29) is 5.88 Å². The molecule has 0 aliphatic heterocycles. The molecule has 0 amide bonds. The zero-order valence-electron chi connectivity index (χ0n) is 12.9. The number of aromatic nitrogens is 1. The van der Waals surface area contributed by atoms with Crippen LogP contribution in [0, 0.1) is 0 Å². The number of H-pyrrole nitrogens is 1. The lowest BCUT2D eigenvalue weighted by atomic mass is 10.1. The molecule has 0 unspecified atom stereocenters. The molecule has 24 heavy (non-hydrogen) atoms. The maximum absolute atomic E-state index is 12.0. The van der Waals surface area contributed by atoms with E-state index in [9.17, 15) is 9.90 Å². The molecule has 0 atom stereocenters. The number of hydrogen-bond donors (Lipinski definition) is 2. The predicted octanol–water partition coefficient (Wildman–Crippen LogP) is 4.45. The maximum atomic E-state index is 12.0. The van der Waals surface area contributed by atoms with Crippen LogP contribution in [0.4, 0.5) is 5.69 Å². The van der Waals surface area contributed by atoms with Crippen molar-refractivity contribution in [3.8, 4) is 5.88 Å². The van der Waals surface area contributed by atoms with E-state index < -0.39 is 5.97 Å². The Morgan fingerprint density at radius 3 is 2.92 bits per heavy atom. The summed E-state index contributed by atoms with van der Waals surface area (Å²) in [5, 5.41) is 11.4. The predicted molar refractivity (Wildman–Crippen MR) is 94.6 cm³/mol. The highest BCUT2D eigenvalue weighted by Gasteiger charge is 2.12. The van der Waals surface area contributed by atoms with Crippen molar-refractivity contribution in [3.63, 3.8) is 0 Å². The highest BCUT2D eigenvalue weighted by Crippen LogP contribution is 2.29. The van der Waals surface area contributed by atoms with Crippen LogP contribution in [0.25, 0.3) is 10.9 Å². The van der Waals surface area contributed by atoms with Gasteiger partial charge in [-0.25, -0.2) is 4.79 Å². The van der Waals surface area contributed by atoms with Crippen molar-refractivity contribution in [3.05, 3.63) is 58.6 Å². The number of nitrogens with one attached hydrogen (secondary N) is 1. The van der Waals surface area contributed by atoms with E-state index in [4.69, 9.17) is 16.3 Å². The van der Waals surface area contributed by atoms with Crippen LogP contribution in [0.15, 0.2) is 47.5 Å². The molecule has 0 aliphatic rings. The number of carbonyl (C=O) groups is 1. The van der Waals surface area contributed by atoms with Crippen molar-refractivity contribution in [2.24, 2.45) is 4.99 Å². The molecule has 5 nitrogen and oxygen atoms in total. The number of rotatable bonds is 4. The van der Waals surface area contributed by atoms with E-state index in [0.29, 0.717) is 28.4 Å². The minimum absolute atomic E-state index is 0.00960. The van der Waals surface area contributed by atoms with E-state index in [2.05, 4.69) is 9.98 Å². The molecule has 3 rings (SSSR count). The summed E-state index contributed by atoms with van der Waals surface area (Å²) >= 11 is 6.02. The van der Waals surface area contributed by atoms with Gasteiger partial charge in [0.15, 0.2) is 5.88 Å². The molecule has 122 valence electrons. The lowest BCUT2D eigenvalue weighted by Gasteiger charge is -2.04. The first-order valence-corrected chi connectivity index (χ1v) is 7.78. The largest absolute Gasteiger partial charge is 0.494 e. The molecular weight excluding hydrogens is 328 g/mol. The van der Waals surface area contributed by atoms with E-state index >= 15 is 0 Å². The zero-order chi connectivity index (χ0) is 17.1. The van der Waals surface area contributed by atoms with Crippen molar-refractivity contribution in [1.82, 2.24) is 4.98 Å². The lowest BCUT2D eigenvalue weighted by Crippen LogP contribution is -2.04. The summed E-state index contributed by atoms with van der Waals surface area (Å²) in [5.41, 5.74) is 2.09. The first kappa shape index (κ1) is 16.1. The van der Waals surface area contributed by atoms with E-state index in [1.807, 2.05) is 0 Å². The molecule has 1 heterocycles. The molecule has 0 fully saturated rings. The Bertz CT molecular complexity index is 931. The SMILES string of the molecule is CCOC(=O)c1ccccc1N=Cc1c(O)[nH]c2ccc(Cl)cc12. The van der Waals surface area contributed by atoms with Crippen LogP contribution in [-0.2, 0) is 4.74 Å². The molecule has 2 N–H and O–H groups in total. The molecule has 0 aliphatic carbocycles. The Morgan fingerprint density at radius 2 is 2.12 bits per heavy atom. The van der Waals surface area contributed by atoms with Gasteiger partial charge in [0, 0.05) is 22.1 Å². The van der Waals surface area contributed by atoms with E-state index in [1.165, 1.54) is 6.21 Å². The fraction of sp³-hybridized carbons (Fsp3) is 0.111. The van der Waals surface area contributed by atoms with Gasteiger partial charge in [0.2, 0.25) is 0 Å². The molecule has 0 saturated heterocycles. The topological polar surface area (TPSA) is 74.7 Å². The third-order valence-corrected chi connectivity index (χ3v) is 3.75. The Hall–Kier alpha value is -2.79. The van der Waals surface area contributed by atoms with Crippen molar-refractivity contribution < 1.29 is 14.6 Å². The standard InChI is InChI=1S/C18H15ClN2O3/c1-2-24-18(23)12-5-3-4-6-15(12)20-10-14-13-9-11(19)7-8-16(13)21-17(14)22/h3-10,21-22H,2H2,1H3. The second kappa shape index (κ2) is 6.76. The summed E-state index contributed by atoms with van der Waals surface area (Å²) in [4.78, 5) is 19.2. The van der Waals surface area contributed by atoms with Crippen LogP contribution in [0.1, 0.15) is 22.8 Å². The van der Waals surface area contributed by atoms with E-state index in [1.54, 1.807) is 49.4 Å². The lowest BCUT2D eigenvalue weighted by molar-refractivity contribution is 0.0527. The van der Waals surface area contributed by atoms with E-state index in [0.717, 1.165) is 10.9 Å². The molecule has 1 aromatic heterocycles. The van der Waals surface area contributed by atoms with Gasteiger partial charge < -0.3 is 14.8 Å². The molecule has 0 saturated carbocycles. The fourth-order valence-corrected chi connectivity index (χ4v) is 2.58. The van der Waals surface area contributed by atoms with Crippen LogP contribution in [0.5, 0.6) is 5.88 Å². The number of benzene rings is 2. The van der Waals surface area contributed by atoms with Crippen LogP contribution in [0.2, 0.25) is 5.02 Å². The van der Waals surface area contributed by atoms with Crippen molar-refractivity contribution in [1.29, 1.82) is 0 Å². The molecule has 3 aromatic rings. The van der Waals surface area contributed by atoms with Crippen LogP contribution in [-0.4, -0.2) is 28.9 Å². The Balaban J connectivity index is 2.02. The minimum atomic E-state index is -0.434. The number of aliphatic imine (C=N–C) groups is 1. The van der Waals surface area contributed by atoms with Gasteiger partial charge in [-0.1, -0.05) is 23.7 Å². The summed E-state index contributed by atoms with van der Waals surface area (Å²) in [7, 11) is 0. The summed E-state index contributed by atoms with van der Waals surface area (Å²) in [6.07, 6.45) is 1.50. The zero-order valence-corrected chi connectivity index (χ0v) is 13.7. The van der Waals surface area contributed by atoms with Gasteiger partial charge in [-0.05, 0) is 37.3 Å². The quantitative estimate of drug-likeness (QED) is 0.543. The second-order valence-corrected chi connectivity index (χ2v) is 5.51. The van der Waals surface area contributed by atoms with Gasteiger partial charge >= 0.3 is 5.97 Å². The third-order valence-electron chi connectivity index (χ3n) is 3.51. The number of aromatic amines is 1. The number of fused-ring (bicyclic) bond motifs is 1. The fourth-order valence-electron chi connectivity index (χ4n) is 2.40. The minimum Gasteiger partial charge on any atom is -0.494 e. The monoisotopic (exact) mass is 342 g/mol. The highest BCUT2D eigenvalue weighted by molar-refractivity contribution is 6.31. The number of nitrogens with zero attached hydrogens (tertiary/aromatic N) is 1. The maximum Gasteiger partial charge on any atom is 0.340 e. The van der Waals surface area contributed by atoms with Crippen molar-refractivity contribution in [2.75, 3.05) is 6.61 Å². The summed E-state index contributed by atoms with van der Waals surface area (Å²) in [6.45, 7) is 2.04. The van der Waals surface area contributed by atoms with Gasteiger partial charge in [-0.15, -0.1) is 0 Å². The number of para-hydroxylation sites is 1. The summed E-state index contributed by atoms with van der Waals surface area (Å²) < 4.78 is 5.03. The first-order valence-electron chi connectivity index (χ1n) is 7.40. The third kappa shape index (κ3) is 3.12. The van der Waals surface area contributed by atoms with Crippen molar-refractivity contribution >= 4 is 40.4 Å². The number of aromatic hydroxyl groups is 1. The Labute approximate surface area is 143 Å². The first-order chi connectivity index (χ1) is 11.6. The molecule has 0 spiro atoms. The second-order valence-electron chi connectivity index (χ2n) is 5.07. The smallest absolute Gasteiger partial charge is 0.340 e. The molecule has 6 heteroatoms. The summed E-state index contributed by atoms with van der Waals surface area (Å²) in [5.74, 6) is -0.443. The average molecular weight is 343 g/mol. The highest BCUT2D eigenvalue weighted by atomic mass is 35.5. The number of esters is 1. The van der Waals surface area contributed by atoms with Crippen LogP contribution in [0.3, 0.4) is 0 Å². The van der Waals surface area contributed by atoms with Gasteiger partial charge in [0.25, 0.3) is 0 Å². The number of ether oxygens (including phenoxy) is 1. The Kier molecular flexibility index (Phi) is 4.53. The van der Waals surface area contributed by atoms with Gasteiger partial charge in [-0.3, -0.25) is 4.99 Å². The van der Waals surface area contributed by atoms with Gasteiger partial charge in [0.1, 0.15) is 0 Å². The van der Waals surface area contributed by atoms with Crippen LogP contribution < -0.4 is 0 Å². The average Bonchev–Trinajstić information content (AvgIpc) is 2.88. The Morgan fingerprint density at radius 1 is 1.33 bits per heavy atom. The number of halogens is 1. The normalized spacial score (nSPS) is 11.2. The van der Waals surface area contributed by atoms with Gasteiger partial charge in [-0.2, -0.15) is 0 Å². The molecular formula is C18H15ClN2O3. The molecule has 0 radical (unpaired) electrons. The molecule has 0 bridgehead atoms. The number of carbonyl (C=O) groups excluding carboxylic acids is 1. The van der Waals surface area contributed by atoms with Crippen molar-refractivity contribution in [2.45, 2.75) is 6.92 Å². The summed E-state index contributed by atoms with van der Waals surface area (Å²) in [6, 6.07) is 12.1. The molecule has 2 aromatic carbocycles. The van der Waals surface area contributed by atoms with Gasteiger partial charge in [0.05, 0.1) is 23.4 Å². The number of hydrogen-bond acceptors (Lipinski definition) is 4. The van der Waals surface area contributed by atoms with Crippen LogP contribution >= 0.6 is 11.6 Å².